The second-order valence-electron chi connectivity index (χ2n) is 4.74. The maximum atomic E-state index is 11.8. The second-order valence-corrected chi connectivity index (χ2v) is 4.74. The van der Waals surface area contributed by atoms with Crippen LogP contribution in [-0.2, 0) is 22.4 Å². The molecule has 1 aromatic rings. The van der Waals surface area contributed by atoms with Crippen LogP contribution in [0.3, 0.4) is 0 Å². The van der Waals surface area contributed by atoms with Crippen molar-refractivity contribution in [2.45, 2.75) is 32.6 Å². The molecule has 1 N–H and O–H groups in total. The summed E-state index contributed by atoms with van der Waals surface area (Å²) < 4.78 is 0. The van der Waals surface area contributed by atoms with Gasteiger partial charge in [-0.05, 0) is 24.0 Å². The van der Waals surface area contributed by atoms with Gasteiger partial charge in [-0.1, -0.05) is 37.6 Å². The Hall–Kier alpha value is -1.84. The Kier molecular flexibility index (Phi) is 6.06. The first-order valence-electron chi connectivity index (χ1n) is 6.56. The number of aryl methyl sites for hydroxylation is 1. The molecule has 1 amide bonds. The lowest BCUT2D eigenvalue weighted by molar-refractivity contribution is -0.143. The van der Waals surface area contributed by atoms with Gasteiger partial charge in [-0.3, -0.25) is 9.59 Å². The van der Waals surface area contributed by atoms with Crippen LogP contribution in [0, 0.1) is 0 Å². The average Bonchev–Trinajstić information content (AvgIpc) is 2.37. The number of carboxylic acids is 1. The molecule has 0 aliphatic rings. The molecule has 1 aromatic carbocycles. The zero-order chi connectivity index (χ0) is 14.3. The number of aliphatic carboxylic acids is 1. The van der Waals surface area contributed by atoms with Gasteiger partial charge in [0.15, 0.2) is 0 Å². The molecule has 0 bridgehead atoms. The van der Waals surface area contributed by atoms with Gasteiger partial charge in [0, 0.05) is 7.05 Å². The molecule has 0 aliphatic carbocycles. The molecule has 4 heteroatoms. The Balaban J connectivity index is 2.52. The molecule has 0 atom stereocenters. The van der Waals surface area contributed by atoms with Crippen molar-refractivity contribution in [1.82, 2.24) is 4.90 Å². The summed E-state index contributed by atoms with van der Waals surface area (Å²) in [5.41, 5.74) is 2.19. The number of carbonyl (C=O) groups is 2. The monoisotopic (exact) mass is 263 g/mol. The summed E-state index contributed by atoms with van der Waals surface area (Å²) >= 11 is 0. The minimum atomic E-state index is -0.995. The van der Waals surface area contributed by atoms with E-state index in [1.807, 2.05) is 24.3 Å². The van der Waals surface area contributed by atoms with Gasteiger partial charge in [0.1, 0.15) is 6.54 Å². The van der Waals surface area contributed by atoms with Crippen LogP contribution in [0.25, 0.3) is 0 Å². The van der Waals surface area contributed by atoms with Crippen LogP contribution in [0.1, 0.15) is 30.9 Å². The van der Waals surface area contributed by atoms with E-state index in [1.54, 1.807) is 0 Å². The Morgan fingerprint density at radius 2 is 1.74 bits per heavy atom. The number of benzene rings is 1. The van der Waals surface area contributed by atoms with Gasteiger partial charge in [0.05, 0.1) is 6.42 Å². The minimum absolute atomic E-state index is 0.177. The molecule has 19 heavy (non-hydrogen) atoms. The molecule has 0 unspecified atom stereocenters. The fourth-order valence-electron chi connectivity index (χ4n) is 1.81. The summed E-state index contributed by atoms with van der Waals surface area (Å²) in [4.78, 5) is 23.5. The quantitative estimate of drug-likeness (QED) is 0.819. The Morgan fingerprint density at radius 3 is 2.26 bits per heavy atom. The van der Waals surface area contributed by atoms with Crippen LogP contribution in [0.5, 0.6) is 0 Å². The van der Waals surface area contributed by atoms with Crippen LogP contribution in [0.15, 0.2) is 24.3 Å². The second kappa shape index (κ2) is 7.56. The molecule has 4 nitrogen and oxygen atoms in total. The molecular weight excluding hydrogens is 242 g/mol. The van der Waals surface area contributed by atoms with Crippen LogP contribution < -0.4 is 0 Å². The lowest BCUT2D eigenvalue weighted by Gasteiger charge is -2.14. The molecule has 0 heterocycles. The Labute approximate surface area is 114 Å². The number of likely N-dealkylation sites (N-methyl/N-ethyl adjacent to an activating group) is 1. The first-order chi connectivity index (χ1) is 9.02. The van der Waals surface area contributed by atoms with Gasteiger partial charge >= 0.3 is 5.97 Å². The molecular formula is C15H21NO3. The maximum absolute atomic E-state index is 11.8. The summed E-state index contributed by atoms with van der Waals surface area (Å²) in [5.74, 6) is -1.17. The molecule has 0 fully saturated rings. The fraction of sp³-hybridized carbons (Fsp3) is 0.467. The van der Waals surface area contributed by atoms with Crippen LogP contribution >= 0.6 is 0 Å². The Morgan fingerprint density at radius 1 is 1.16 bits per heavy atom. The predicted octanol–water partition coefficient (Wildman–Crippen LogP) is 2.11. The largest absolute Gasteiger partial charge is 0.480 e. The molecule has 1 rings (SSSR count). The van der Waals surface area contributed by atoms with E-state index < -0.39 is 5.97 Å². The van der Waals surface area contributed by atoms with E-state index in [0.717, 1.165) is 12.0 Å². The smallest absolute Gasteiger partial charge is 0.323 e. The topological polar surface area (TPSA) is 57.6 Å². The van der Waals surface area contributed by atoms with Crippen molar-refractivity contribution in [3.63, 3.8) is 0 Å². The zero-order valence-electron chi connectivity index (χ0n) is 11.6. The summed E-state index contributed by atoms with van der Waals surface area (Å²) in [6.45, 7) is 1.90. The highest BCUT2D eigenvalue weighted by molar-refractivity contribution is 5.82. The number of rotatable bonds is 7. The van der Waals surface area contributed by atoms with Gasteiger partial charge < -0.3 is 10.0 Å². The van der Waals surface area contributed by atoms with Crippen molar-refractivity contribution in [1.29, 1.82) is 0 Å². The van der Waals surface area contributed by atoms with Crippen molar-refractivity contribution in [2.24, 2.45) is 0 Å². The number of hydrogen-bond donors (Lipinski definition) is 1. The van der Waals surface area contributed by atoms with E-state index in [0.29, 0.717) is 0 Å². The summed E-state index contributed by atoms with van der Waals surface area (Å²) in [6.07, 6.45) is 3.64. The van der Waals surface area contributed by atoms with E-state index >= 15 is 0 Å². The normalized spacial score (nSPS) is 10.2. The lowest BCUT2D eigenvalue weighted by Crippen LogP contribution is -2.33. The van der Waals surface area contributed by atoms with Gasteiger partial charge in [-0.25, -0.2) is 0 Å². The standard InChI is InChI=1S/C15H21NO3/c1-3-4-5-12-6-8-13(9-7-12)10-14(17)16(2)11-15(18)19/h6-9H,3-5,10-11H2,1-2H3,(H,18,19). The maximum Gasteiger partial charge on any atom is 0.323 e. The van der Waals surface area contributed by atoms with Gasteiger partial charge in [-0.2, -0.15) is 0 Å². The number of nitrogens with zero attached hydrogens (tertiary/aromatic N) is 1. The zero-order valence-corrected chi connectivity index (χ0v) is 11.6. The van der Waals surface area contributed by atoms with Gasteiger partial charge in [0.25, 0.3) is 0 Å². The van der Waals surface area contributed by atoms with Gasteiger partial charge in [0.2, 0.25) is 5.91 Å². The first kappa shape index (κ1) is 15.2. The Bertz CT molecular complexity index is 426. The first-order valence-corrected chi connectivity index (χ1v) is 6.56. The third-order valence-electron chi connectivity index (χ3n) is 3.00. The summed E-state index contributed by atoms with van der Waals surface area (Å²) in [6, 6.07) is 7.96. The van der Waals surface area contributed by atoms with E-state index in [2.05, 4.69) is 6.92 Å². The van der Waals surface area contributed by atoms with Crippen molar-refractivity contribution in [2.75, 3.05) is 13.6 Å². The van der Waals surface area contributed by atoms with E-state index in [1.165, 1.54) is 30.4 Å². The van der Waals surface area contributed by atoms with Gasteiger partial charge in [-0.15, -0.1) is 0 Å². The lowest BCUT2D eigenvalue weighted by atomic mass is 10.0. The van der Waals surface area contributed by atoms with Crippen LogP contribution in [0.4, 0.5) is 0 Å². The third kappa shape index (κ3) is 5.55. The van der Waals surface area contributed by atoms with Crippen molar-refractivity contribution >= 4 is 11.9 Å². The number of unbranched alkanes of at least 4 members (excludes halogenated alkanes) is 1. The molecule has 0 spiro atoms. The van der Waals surface area contributed by atoms with Crippen molar-refractivity contribution < 1.29 is 14.7 Å². The van der Waals surface area contributed by atoms with E-state index in [4.69, 9.17) is 5.11 Å². The van der Waals surface area contributed by atoms with Crippen molar-refractivity contribution in [3.8, 4) is 0 Å². The highest BCUT2D eigenvalue weighted by atomic mass is 16.4. The number of hydrogen-bond acceptors (Lipinski definition) is 2. The van der Waals surface area contributed by atoms with Crippen molar-refractivity contribution in [3.05, 3.63) is 35.4 Å². The summed E-state index contributed by atoms with van der Waals surface area (Å²) in [7, 11) is 1.51. The average molecular weight is 263 g/mol. The van der Waals surface area contributed by atoms with Crippen LogP contribution in [0.2, 0.25) is 0 Å². The number of carbonyl (C=O) groups excluding carboxylic acids is 1. The van der Waals surface area contributed by atoms with Crippen LogP contribution in [-0.4, -0.2) is 35.5 Å². The third-order valence-corrected chi connectivity index (χ3v) is 3.00. The molecule has 104 valence electrons. The number of carboxylic acid groups (broad SMARTS) is 1. The molecule has 0 radical (unpaired) electrons. The summed E-state index contributed by atoms with van der Waals surface area (Å²) in [5, 5.41) is 8.62. The SMILES string of the molecule is CCCCc1ccc(CC(=O)N(C)CC(=O)O)cc1. The molecule has 0 aliphatic heterocycles. The molecule has 0 saturated carbocycles. The van der Waals surface area contributed by atoms with E-state index in [-0.39, 0.29) is 18.9 Å². The molecule has 0 aromatic heterocycles. The highest BCUT2D eigenvalue weighted by Gasteiger charge is 2.12. The fourth-order valence-corrected chi connectivity index (χ4v) is 1.81. The van der Waals surface area contributed by atoms with E-state index in [9.17, 15) is 9.59 Å². The number of amides is 1. The minimum Gasteiger partial charge on any atom is -0.480 e. The predicted molar refractivity (Wildman–Crippen MR) is 74.0 cm³/mol. The highest BCUT2D eigenvalue weighted by Crippen LogP contribution is 2.09. The molecule has 0 saturated heterocycles.